The first-order valence-corrected chi connectivity index (χ1v) is 5.69. The molecule has 2 heterocycles. The normalized spacial score (nSPS) is 10.2. The first-order chi connectivity index (χ1) is 9.17. The third-order valence-corrected chi connectivity index (χ3v) is 2.39. The van der Waals surface area contributed by atoms with Gasteiger partial charge in [0.15, 0.2) is 17.3 Å². The minimum absolute atomic E-state index is 0.0515. The molecule has 0 atom stereocenters. The molecule has 0 bridgehead atoms. The zero-order valence-corrected chi connectivity index (χ0v) is 10.7. The van der Waals surface area contributed by atoms with Crippen molar-refractivity contribution in [1.29, 1.82) is 0 Å². The van der Waals surface area contributed by atoms with E-state index in [-0.39, 0.29) is 11.4 Å². The van der Waals surface area contributed by atoms with Crippen LogP contribution in [0.3, 0.4) is 0 Å². The van der Waals surface area contributed by atoms with Gasteiger partial charge in [-0.1, -0.05) is 0 Å². The number of rotatable bonds is 4. The Kier molecular flexibility index (Phi) is 3.65. The highest BCUT2D eigenvalue weighted by atomic mass is 16.5. The summed E-state index contributed by atoms with van der Waals surface area (Å²) in [5.41, 5.74) is 6.00. The molecule has 2 rings (SSSR count). The van der Waals surface area contributed by atoms with Crippen molar-refractivity contribution in [2.45, 2.75) is 6.92 Å². The molecule has 0 aromatic carbocycles. The lowest BCUT2D eigenvalue weighted by Crippen LogP contribution is -2.07. The second kappa shape index (κ2) is 5.38. The van der Waals surface area contributed by atoms with Crippen LogP contribution in [0.1, 0.15) is 17.4 Å². The molecular formula is C12H14N4O3. The molecule has 2 N–H and O–H groups in total. The van der Waals surface area contributed by atoms with Gasteiger partial charge in [0.2, 0.25) is 0 Å². The average Bonchev–Trinajstić information content (AvgIpc) is 2.81. The van der Waals surface area contributed by atoms with Gasteiger partial charge in [0.25, 0.3) is 0 Å². The van der Waals surface area contributed by atoms with E-state index < -0.39 is 5.97 Å². The van der Waals surface area contributed by atoms with E-state index in [2.05, 4.69) is 14.8 Å². The maximum Gasteiger partial charge on any atom is 0.360 e. The van der Waals surface area contributed by atoms with Crippen molar-refractivity contribution in [3.8, 4) is 11.6 Å². The molecule has 100 valence electrons. The quantitative estimate of drug-likeness (QED) is 0.827. The Morgan fingerprint density at radius 3 is 3.00 bits per heavy atom. The third kappa shape index (κ3) is 2.49. The number of methoxy groups -OCH3 is 1. The highest BCUT2D eigenvalue weighted by Crippen LogP contribution is 2.21. The Hall–Kier alpha value is -2.57. The van der Waals surface area contributed by atoms with Crippen LogP contribution in [0.5, 0.6) is 5.75 Å². The van der Waals surface area contributed by atoms with E-state index in [1.807, 2.05) is 6.92 Å². The van der Waals surface area contributed by atoms with E-state index in [1.54, 1.807) is 18.3 Å². The molecule has 0 aliphatic carbocycles. The van der Waals surface area contributed by atoms with Crippen LogP contribution in [-0.2, 0) is 4.74 Å². The molecule has 0 aliphatic rings. The maximum absolute atomic E-state index is 11.5. The van der Waals surface area contributed by atoms with Gasteiger partial charge in [0, 0.05) is 6.20 Å². The number of nitrogens with zero attached hydrogens (tertiary/aromatic N) is 3. The lowest BCUT2D eigenvalue weighted by atomic mass is 10.4. The Labute approximate surface area is 110 Å². The van der Waals surface area contributed by atoms with Crippen LogP contribution in [-0.4, -0.2) is 34.5 Å². The molecule has 0 amide bonds. The molecule has 0 saturated heterocycles. The molecule has 0 unspecified atom stereocenters. The van der Waals surface area contributed by atoms with Gasteiger partial charge in [0.05, 0.1) is 25.6 Å². The van der Waals surface area contributed by atoms with Crippen LogP contribution >= 0.6 is 0 Å². The van der Waals surface area contributed by atoms with Gasteiger partial charge in [-0.15, -0.1) is 0 Å². The third-order valence-electron chi connectivity index (χ3n) is 2.39. The number of nitrogen functional groups attached to an aromatic ring is 1. The van der Waals surface area contributed by atoms with Crippen molar-refractivity contribution in [3.05, 3.63) is 30.2 Å². The fourth-order valence-electron chi connectivity index (χ4n) is 1.57. The molecule has 19 heavy (non-hydrogen) atoms. The van der Waals surface area contributed by atoms with Crippen LogP contribution in [0.4, 0.5) is 5.69 Å². The zero-order valence-electron chi connectivity index (χ0n) is 10.7. The van der Waals surface area contributed by atoms with Crippen molar-refractivity contribution in [2.24, 2.45) is 0 Å². The Morgan fingerprint density at radius 2 is 2.32 bits per heavy atom. The standard InChI is InChI=1S/C12H14N4O3/c1-3-19-9-5-4-6-14-11(9)16-7-8(13)10(15-16)12(17)18-2/h4-7H,3,13H2,1-2H3. The lowest BCUT2D eigenvalue weighted by molar-refractivity contribution is 0.0594. The van der Waals surface area contributed by atoms with E-state index in [4.69, 9.17) is 10.5 Å². The monoisotopic (exact) mass is 262 g/mol. The molecule has 0 radical (unpaired) electrons. The van der Waals surface area contributed by atoms with E-state index >= 15 is 0 Å². The predicted octanol–water partition coefficient (Wildman–Crippen LogP) is 1.03. The molecule has 0 spiro atoms. The van der Waals surface area contributed by atoms with E-state index in [0.29, 0.717) is 18.2 Å². The number of carbonyl (C=O) groups is 1. The Balaban J connectivity index is 2.45. The number of carbonyl (C=O) groups excluding carboxylic acids is 1. The van der Waals surface area contributed by atoms with Crippen molar-refractivity contribution in [1.82, 2.24) is 14.8 Å². The Bertz CT molecular complexity index is 594. The topological polar surface area (TPSA) is 92.3 Å². The van der Waals surface area contributed by atoms with Crippen LogP contribution < -0.4 is 10.5 Å². The molecule has 2 aromatic heterocycles. The number of anilines is 1. The molecule has 7 nitrogen and oxygen atoms in total. The number of aromatic nitrogens is 3. The highest BCUT2D eigenvalue weighted by molar-refractivity contribution is 5.92. The van der Waals surface area contributed by atoms with Gasteiger partial charge in [-0.2, -0.15) is 5.10 Å². The number of hydrogen-bond donors (Lipinski definition) is 1. The average molecular weight is 262 g/mol. The SMILES string of the molecule is CCOc1cccnc1-n1cc(N)c(C(=O)OC)n1. The summed E-state index contributed by atoms with van der Waals surface area (Å²) in [5, 5.41) is 4.07. The van der Waals surface area contributed by atoms with Crippen molar-refractivity contribution in [3.63, 3.8) is 0 Å². The number of nitrogens with two attached hydrogens (primary N) is 1. The summed E-state index contributed by atoms with van der Waals surface area (Å²) in [4.78, 5) is 15.6. The molecule has 0 saturated carbocycles. The minimum Gasteiger partial charge on any atom is -0.490 e. The van der Waals surface area contributed by atoms with Crippen molar-refractivity contribution in [2.75, 3.05) is 19.5 Å². The number of esters is 1. The highest BCUT2D eigenvalue weighted by Gasteiger charge is 2.17. The fourth-order valence-corrected chi connectivity index (χ4v) is 1.57. The largest absolute Gasteiger partial charge is 0.490 e. The van der Waals surface area contributed by atoms with Gasteiger partial charge in [-0.3, -0.25) is 0 Å². The first-order valence-electron chi connectivity index (χ1n) is 5.69. The molecule has 7 heteroatoms. The Morgan fingerprint density at radius 1 is 1.53 bits per heavy atom. The van der Waals surface area contributed by atoms with Crippen molar-refractivity contribution >= 4 is 11.7 Å². The van der Waals surface area contributed by atoms with Gasteiger partial charge in [0.1, 0.15) is 0 Å². The summed E-state index contributed by atoms with van der Waals surface area (Å²) in [6.45, 7) is 2.37. The van der Waals surface area contributed by atoms with Crippen LogP contribution in [0, 0.1) is 0 Å². The second-order valence-corrected chi connectivity index (χ2v) is 3.63. The van der Waals surface area contributed by atoms with E-state index in [9.17, 15) is 4.79 Å². The summed E-state index contributed by atoms with van der Waals surface area (Å²) in [5.74, 6) is 0.431. The van der Waals surface area contributed by atoms with Crippen LogP contribution in [0.15, 0.2) is 24.5 Å². The van der Waals surface area contributed by atoms with Crippen molar-refractivity contribution < 1.29 is 14.3 Å². The second-order valence-electron chi connectivity index (χ2n) is 3.63. The van der Waals surface area contributed by atoms with Gasteiger partial charge < -0.3 is 15.2 Å². The molecule has 2 aromatic rings. The fraction of sp³-hybridized carbons (Fsp3) is 0.250. The van der Waals surface area contributed by atoms with Gasteiger partial charge >= 0.3 is 5.97 Å². The van der Waals surface area contributed by atoms with Crippen LogP contribution in [0.25, 0.3) is 5.82 Å². The summed E-state index contributed by atoms with van der Waals surface area (Å²) >= 11 is 0. The molecule has 0 aliphatic heterocycles. The summed E-state index contributed by atoms with van der Waals surface area (Å²) in [7, 11) is 1.27. The van der Waals surface area contributed by atoms with Gasteiger partial charge in [-0.25, -0.2) is 14.5 Å². The molecular weight excluding hydrogens is 248 g/mol. The number of ether oxygens (including phenoxy) is 2. The smallest absolute Gasteiger partial charge is 0.360 e. The summed E-state index contributed by atoms with van der Waals surface area (Å²) < 4.78 is 11.4. The molecule has 0 fully saturated rings. The summed E-state index contributed by atoms with van der Waals surface area (Å²) in [6.07, 6.45) is 3.10. The van der Waals surface area contributed by atoms with Gasteiger partial charge in [-0.05, 0) is 19.1 Å². The lowest BCUT2D eigenvalue weighted by Gasteiger charge is -2.07. The van der Waals surface area contributed by atoms with E-state index in [1.165, 1.54) is 18.0 Å². The summed E-state index contributed by atoms with van der Waals surface area (Å²) in [6, 6.07) is 3.52. The predicted molar refractivity (Wildman–Crippen MR) is 68.3 cm³/mol. The first kappa shape index (κ1) is 12.9. The minimum atomic E-state index is -0.592. The van der Waals surface area contributed by atoms with Crippen LogP contribution in [0.2, 0.25) is 0 Å². The van der Waals surface area contributed by atoms with E-state index in [0.717, 1.165) is 0 Å². The maximum atomic E-state index is 11.5. The number of hydrogen-bond acceptors (Lipinski definition) is 6. The number of pyridine rings is 1. The zero-order chi connectivity index (χ0) is 13.8.